The molecule has 1 N–H and O–H groups in total. The number of anilines is 1. The summed E-state index contributed by atoms with van der Waals surface area (Å²) in [5.41, 5.74) is 3.25. The fraction of sp³-hybridized carbons (Fsp3) is 0.250. The van der Waals surface area contributed by atoms with Crippen LogP contribution in [0.25, 0.3) is 11.0 Å². The highest BCUT2D eigenvalue weighted by Gasteiger charge is 2.19. The number of fused-ring (bicyclic) bond motifs is 2. The van der Waals surface area contributed by atoms with Crippen LogP contribution in [0.15, 0.2) is 40.8 Å². The monoisotopic (exact) mass is 337 g/mol. The van der Waals surface area contributed by atoms with E-state index >= 15 is 0 Å². The Morgan fingerprint density at radius 3 is 2.64 bits per heavy atom. The van der Waals surface area contributed by atoms with E-state index in [0.29, 0.717) is 36.2 Å². The Kier molecular flexibility index (Phi) is 3.84. The van der Waals surface area contributed by atoms with Crippen LogP contribution in [0.2, 0.25) is 0 Å². The van der Waals surface area contributed by atoms with E-state index in [0.717, 1.165) is 28.5 Å². The number of aryl methyl sites for hydroxylation is 2. The second-order valence-corrected chi connectivity index (χ2v) is 6.17. The maximum Gasteiger partial charge on any atom is 0.291 e. The normalized spacial score (nSPS) is 13.5. The second kappa shape index (κ2) is 6.16. The lowest BCUT2D eigenvalue weighted by atomic mass is 10.1. The molecule has 25 heavy (non-hydrogen) atoms. The molecule has 0 spiro atoms. The third kappa shape index (κ3) is 2.82. The standard InChI is InChI=1S/C20H19NO4/c1-12-5-3-6-15-13(2)19(25-18(12)15)20(22)21-14-7-8-16-17(11-14)24-10-4-9-23-16/h3,5-8,11H,4,9-10H2,1-2H3,(H,21,22). The van der Waals surface area contributed by atoms with Crippen molar-refractivity contribution in [2.24, 2.45) is 0 Å². The number of benzene rings is 2. The molecule has 3 aromatic rings. The molecular formula is C20H19NO4. The molecule has 0 unspecified atom stereocenters. The molecular weight excluding hydrogens is 318 g/mol. The first-order chi connectivity index (χ1) is 12.1. The summed E-state index contributed by atoms with van der Waals surface area (Å²) in [5.74, 6) is 1.40. The molecule has 1 amide bonds. The zero-order valence-corrected chi connectivity index (χ0v) is 14.2. The molecule has 0 saturated carbocycles. The second-order valence-electron chi connectivity index (χ2n) is 6.17. The first-order valence-corrected chi connectivity index (χ1v) is 8.33. The van der Waals surface area contributed by atoms with E-state index in [2.05, 4.69) is 5.32 Å². The molecule has 2 heterocycles. The van der Waals surface area contributed by atoms with E-state index in [4.69, 9.17) is 13.9 Å². The zero-order chi connectivity index (χ0) is 17.4. The smallest absolute Gasteiger partial charge is 0.291 e. The zero-order valence-electron chi connectivity index (χ0n) is 14.2. The van der Waals surface area contributed by atoms with Gasteiger partial charge < -0.3 is 19.2 Å². The molecule has 2 aromatic carbocycles. The van der Waals surface area contributed by atoms with E-state index in [9.17, 15) is 4.79 Å². The lowest BCUT2D eigenvalue weighted by molar-refractivity contribution is 0.0998. The molecule has 0 bridgehead atoms. The number of amides is 1. The van der Waals surface area contributed by atoms with Gasteiger partial charge in [-0.25, -0.2) is 0 Å². The number of carbonyl (C=O) groups is 1. The number of nitrogens with one attached hydrogen (secondary N) is 1. The summed E-state index contributed by atoms with van der Waals surface area (Å²) >= 11 is 0. The molecule has 1 aliphatic heterocycles. The largest absolute Gasteiger partial charge is 0.490 e. The van der Waals surface area contributed by atoms with E-state index in [-0.39, 0.29) is 5.91 Å². The van der Waals surface area contributed by atoms with Gasteiger partial charge in [-0.2, -0.15) is 0 Å². The SMILES string of the molecule is Cc1c(C(=O)Nc2ccc3c(c2)OCCCO3)oc2c(C)cccc12. The molecule has 0 atom stereocenters. The number of furan rings is 1. The van der Waals surface area contributed by atoms with Crippen molar-refractivity contribution in [3.8, 4) is 11.5 Å². The topological polar surface area (TPSA) is 60.7 Å². The minimum Gasteiger partial charge on any atom is -0.490 e. The van der Waals surface area contributed by atoms with E-state index in [1.165, 1.54) is 0 Å². The van der Waals surface area contributed by atoms with Crippen LogP contribution >= 0.6 is 0 Å². The van der Waals surface area contributed by atoms with E-state index < -0.39 is 0 Å². The molecule has 4 rings (SSSR count). The molecule has 5 heteroatoms. The minimum atomic E-state index is -0.275. The van der Waals surface area contributed by atoms with Crippen LogP contribution in [-0.4, -0.2) is 19.1 Å². The van der Waals surface area contributed by atoms with Crippen LogP contribution < -0.4 is 14.8 Å². The lowest BCUT2D eigenvalue weighted by Gasteiger charge is -2.10. The molecule has 5 nitrogen and oxygen atoms in total. The van der Waals surface area contributed by atoms with Crippen molar-refractivity contribution in [2.45, 2.75) is 20.3 Å². The van der Waals surface area contributed by atoms with Crippen molar-refractivity contribution in [2.75, 3.05) is 18.5 Å². The summed E-state index contributed by atoms with van der Waals surface area (Å²) in [4.78, 5) is 12.7. The maximum atomic E-state index is 12.7. The molecule has 1 aliphatic rings. The number of hydrogen-bond donors (Lipinski definition) is 1. The summed E-state index contributed by atoms with van der Waals surface area (Å²) in [5, 5.41) is 3.84. The maximum absolute atomic E-state index is 12.7. The summed E-state index contributed by atoms with van der Waals surface area (Å²) in [6.07, 6.45) is 0.841. The van der Waals surface area contributed by atoms with Gasteiger partial charge in [0.25, 0.3) is 5.91 Å². The number of rotatable bonds is 2. The Hall–Kier alpha value is -2.95. The fourth-order valence-corrected chi connectivity index (χ4v) is 3.03. The van der Waals surface area contributed by atoms with Gasteiger partial charge in [0.1, 0.15) is 5.58 Å². The Morgan fingerprint density at radius 1 is 1.04 bits per heavy atom. The number of para-hydroxylation sites is 1. The predicted octanol–water partition coefficient (Wildman–Crippen LogP) is 4.46. The summed E-state index contributed by atoms with van der Waals surface area (Å²) in [6.45, 7) is 5.10. The molecule has 1 aromatic heterocycles. The van der Waals surface area contributed by atoms with E-state index in [1.54, 1.807) is 12.1 Å². The quantitative estimate of drug-likeness (QED) is 0.750. The van der Waals surface area contributed by atoms with Gasteiger partial charge in [0, 0.05) is 29.1 Å². The van der Waals surface area contributed by atoms with Gasteiger partial charge in [0.2, 0.25) is 0 Å². The van der Waals surface area contributed by atoms with Crippen LogP contribution in [0.4, 0.5) is 5.69 Å². The first-order valence-electron chi connectivity index (χ1n) is 8.33. The van der Waals surface area contributed by atoms with Crippen LogP contribution in [0, 0.1) is 13.8 Å². The van der Waals surface area contributed by atoms with Gasteiger partial charge in [0.05, 0.1) is 13.2 Å². The summed E-state index contributed by atoms with van der Waals surface area (Å²) < 4.78 is 17.1. The van der Waals surface area contributed by atoms with Gasteiger partial charge >= 0.3 is 0 Å². The van der Waals surface area contributed by atoms with Gasteiger partial charge in [0.15, 0.2) is 17.3 Å². The fourth-order valence-electron chi connectivity index (χ4n) is 3.03. The van der Waals surface area contributed by atoms with Gasteiger partial charge in [-0.3, -0.25) is 4.79 Å². The predicted molar refractivity (Wildman–Crippen MR) is 95.7 cm³/mol. The summed E-state index contributed by atoms with van der Waals surface area (Å²) in [7, 11) is 0. The molecule has 128 valence electrons. The van der Waals surface area contributed by atoms with Crippen molar-refractivity contribution in [3.63, 3.8) is 0 Å². The van der Waals surface area contributed by atoms with Gasteiger partial charge in [-0.05, 0) is 31.5 Å². The minimum absolute atomic E-state index is 0.275. The van der Waals surface area contributed by atoms with Crippen LogP contribution in [0.3, 0.4) is 0 Å². The first kappa shape index (κ1) is 15.6. The molecule has 0 saturated heterocycles. The van der Waals surface area contributed by atoms with Crippen LogP contribution in [0.5, 0.6) is 11.5 Å². The van der Waals surface area contributed by atoms with Crippen molar-refractivity contribution < 1.29 is 18.7 Å². The molecule has 0 radical (unpaired) electrons. The van der Waals surface area contributed by atoms with Crippen LogP contribution in [-0.2, 0) is 0 Å². The Balaban J connectivity index is 1.63. The Labute approximate surface area is 145 Å². The van der Waals surface area contributed by atoms with Crippen LogP contribution in [0.1, 0.15) is 28.1 Å². The van der Waals surface area contributed by atoms with Gasteiger partial charge in [-0.1, -0.05) is 18.2 Å². The number of carbonyl (C=O) groups excluding carboxylic acids is 1. The average molecular weight is 337 g/mol. The Morgan fingerprint density at radius 2 is 1.84 bits per heavy atom. The van der Waals surface area contributed by atoms with E-state index in [1.807, 2.05) is 38.1 Å². The number of hydrogen-bond acceptors (Lipinski definition) is 4. The van der Waals surface area contributed by atoms with Crippen molar-refractivity contribution >= 4 is 22.6 Å². The Bertz CT molecular complexity index is 958. The summed E-state index contributed by atoms with van der Waals surface area (Å²) in [6, 6.07) is 11.3. The third-order valence-corrected chi connectivity index (χ3v) is 4.37. The third-order valence-electron chi connectivity index (χ3n) is 4.37. The van der Waals surface area contributed by atoms with Gasteiger partial charge in [-0.15, -0.1) is 0 Å². The molecule has 0 aliphatic carbocycles. The average Bonchev–Trinajstić information content (AvgIpc) is 2.79. The highest BCUT2D eigenvalue weighted by molar-refractivity contribution is 6.06. The van der Waals surface area contributed by atoms with Crippen molar-refractivity contribution in [3.05, 3.63) is 53.3 Å². The van der Waals surface area contributed by atoms with Crippen molar-refractivity contribution in [1.82, 2.24) is 0 Å². The highest BCUT2D eigenvalue weighted by Crippen LogP contribution is 2.33. The lowest BCUT2D eigenvalue weighted by Crippen LogP contribution is -2.12. The number of ether oxygens (including phenoxy) is 2. The van der Waals surface area contributed by atoms with Crippen molar-refractivity contribution in [1.29, 1.82) is 0 Å². The highest BCUT2D eigenvalue weighted by atomic mass is 16.5. The molecule has 0 fully saturated rings.